The molecule has 4 rings (SSSR count). The molecule has 0 aliphatic carbocycles. The van der Waals surface area contributed by atoms with Gasteiger partial charge in [-0.25, -0.2) is 0 Å². The molecule has 1 amide bonds. The average Bonchev–Trinajstić information content (AvgIpc) is 2.83. The van der Waals surface area contributed by atoms with Gasteiger partial charge in [0, 0.05) is 12.3 Å². The summed E-state index contributed by atoms with van der Waals surface area (Å²) < 4.78 is 0. The molecule has 0 spiro atoms. The molecule has 1 atom stereocenters. The highest BCUT2D eigenvalue weighted by molar-refractivity contribution is 5.78. The van der Waals surface area contributed by atoms with E-state index in [4.69, 9.17) is 0 Å². The normalized spacial score (nSPS) is 11.8. The first-order chi connectivity index (χ1) is 15.2. The smallest absolute Gasteiger partial charge is 0.221 e. The van der Waals surface area contributed by atoms with E-state index in [1.54, 1.807) is 0 Å². The summed E-state index contributed by atoms with van der Waals surface area (Å²) in [5.74, 6) is 0.0453. The number of hydrogen-bond acceptors (Lipinski definition) is 1. The third-order valence-corrected chi connectivity index (χ3v) is 5.64. The second-order valence-electron chi connectivity index (χ2n) is 7.90. The monoisotopic (exact) mass is 405 g/mol. The zero-order valence-electron chi connectivity index (χ0n) is 17.7. The number of carbonyl (C=O) groups excluding carboxylic acids is 1. The Hall–Kier alpha value is -3.65. The highest BCUT2D eigenvalue weighted by atomic mass is 16.1. The predicted octanol–water partition coefficient (Wildman–Crippen LogP) is 6.42. The molecule has 2 heteroatoms. The number of hydrogen-bond donors (Lipinski definition) is 1. The molecule has 1 N–H and O–H groups in total. The molecule has 31 heavy (non-hydrogen) atoms. The van der Waals surface area contributed by atoms with Crippen LogP contribution in [0.15, 0.2) is 115 Å². The number of benzene rings is 4. The third-order valence-electron chi connectivity index (χ3n) is 5.64. The van der Waals surface area contributed by atoms with Crippen molar-refractivity contribution in [3.8, 4) is 0 Å². The first kappa shape index (κ1) is 20.6. The van der Waals surface area contributed by atoms with Gasteiger partial charge < -0.3 is 5.32 Å². The topological polar surface area (TPSA) is 29.1 Å². The molecule has 0 aromatic heterocycles. The second kappa shape index (κ2) is 9.90. The largest absolute Gasteiger partial charge is 0.345 e. The van der Waals surface area contributed by atoms with Crippen molar-refractivity contribution in [2.24, 2.45) is 0 Å². The van der Waals surface area contributed by atoms with Crippen molar-refractivity contribution in [2.75, 3.05) is 0 Å². The molecule has 0 aliphatic rings. The van der Waals surface area contributed by atoms with E-state index in [9.17, 15) is 4.79 Å². The summed E-state index contributed by atoms with van der Waals surface area (Å²) in [6.07, 6.45) is 0.392. The van der Waals surface area contributed by atoms with Crippen molar-refractivity contribution in [2.45, 2.75) is 25.3 Å². The fourth-order valence-electron chi connectivity index (χ4n) is 3.97. The highest BCUT2D eigenvalue weighted by Crippen LogP contribution is 2.29. The fourth-order valence-corrected chi connectivity index (χ4v) is 3.97. The van der Waals surface area contributed by atoms with E-state index >= 15 is 0 Å². The minimum atomic E-state index is -0.179. The highest BCUT2D eigenvalue weighted by Gasteiger charge is 2.22. The molecule has 2 nitrogen and oxygen atoms in total. The van der Waals surface area contributed by atoms with Crippen molar-refractivity contribution in [3.63, 3.8) is 0 Å². The van der Waals surface area contributed by atoms with Gasteiger partial charge in [-0.2, -0.15) is 0 Å². The minimum Gasteiger partial charge on any atom is -0.345 e. The lowest BCUT2D eigenvalue weighted by Gasteiger charge is -2.23. The van der Waals surface area contributed by atoms with E-state index in [-0.39, 0.29) is 17.9 Å². The SMILES string of the molecule is Cc1ccc([C@H](NC(=O)CC(c2ccccc2)c2ccccc2)c2ccccc2)cc1. The predicted molar refractivity (Wildman–Crippen MR) is 127 cm³/mol. The average molecular weight is 406 g/mol. The molecule has 0 saturated carbocycles. The van der Waals surface area contributed by atoms with E-state index in [1.807, 2.05) is 54.6 Å². The van der Waals surface area contributed by atoms with Gasteiger partial charge in [0.2, 0.25) is 5.91 Å². The van der Waals surface area contributed by atoms with Crippen LogP contribution in [0.5, 0.6) is 0 Å². The van der Waals surface area contributed by atoms with Crippen molar-refractivity contribution in [1.29, 1.82) is 0 Å². The van der Waals surface area contributed by atoms with Crippen LogP contribution in [-0.4, -0.2) is 5.91 Å². The summed E-state index contributed by atoms with van der Waals surface area (Å²) in [5.41, 5.74) is 5.66. The molecular weight excluding hydrogens is 378 g/mol. The number of amides is 1. The molecule has 4 aromatic rings. The maximum absolute atomic E-state index is 13.3. The summed E-state index contributed by atoms with van der Waals surface area (Å²) in [5, 5.41) is 3.30. The van der Waals surface area contributed by atoms with Gasteiger partial charge in [-0.05, 0) is 29.2 Å². The van der Waals surface area contributed by atoms with Crippen molar-refractivity contribution in [3.05, 3.63) is 143 Å². The van der Waals surface area contributed by atoms with Crippen LogP contribution in [0.25, 0.3) is 0 Å². The van der Waals surface area contributed by atoms with Crippen LogP contribution in [0.3, 0.4) is 0 Å². The number of rotatable bonds is 7. The fraction of sp³-hybridized carbons (Fsp3) is 0.138. The lowest BCUT2D eigenvalue weighted by Crippen LogP contribution is -2.30. The molecule has 0 radical (unpaired) electrons. The van der Waals surface area contributed by atoms with Gasteiger partial charge in [0.1, 0.15) is 0 Å². The Labute approximate surface area is 184 Å². The van der Waals surface area contributed by atoms with Crippen molar-refractivity contribution in [1.82, 2.24) is 5.32 Å². The van der Waals surface area contributed by atoms with Gasteiger partial charge in [0.25, 0.3) is 0 Å². The van der Waals surface area contributed by atoms with Crippen LogP contribution >= 0.6 is 0 Å². The Morgan fingerprint density at radius 1 is 0.613 bits per heavy atom. The van der Waals surface area contributed by atoms with E-state index in [0.717, 1.165) is 22.3 Å². The van der Waals surface area contributed by atoms with Crippen LogP contribution in [0.4, 0.5) is 0 Å². The van der Waals surface area contributed by atoms with Gasteiger partial charge in [0.05, 0.1) is 6.04 Å². The molecule has 0 heterocycles. The summed E-state index contributed by atoms with van der Waals surface area (Å²) in [6, 6.07) is 38.9. The van der Waals surface area contributed by atoms with Crippen molar-refractivity contribution >= 4 is 5.91 Å². The minimum absolute atomic E-state index is 0.0110. The van der Waals surface area contributed by atoms with E-state index in [2.05, 4.69) is 72.9 Å². The maximum Gasteiger partial charge on any atom is 0.221 e. The van der Waals surface area contributed by atoms with Crippen LogP contribution < -0.4 is 5.32 Å². The van der Waals surface area contributed by atoms with Crippen LogP contribution in [0.2, 0.25) is 0 Å². The van der Waals surface area contributed by atoms with E-state index < -0.39 is 0 Å². The van der Waals surface area contributed by atoms with Gasteiger partial charge in [-0.1, -0.05) is 121 Å². The first-order valence-corrected chi connectivity index (χ1v) is 10.7. The summed E-state index contributed by atoms with van der Waals surface area (Å²) in [6.45, 7) is 2.07. The standard InChI is InChI=1S/C29H27NO/c1-22-17-19-26(20-18-22)29(25-15-9-4-10-16-25)30-28(31)21-27(23-11-5-2-6-12-23)24-13-7-3-8-14-24/h2-20,27,29H,21H2,1H3,(H,30,31)/t29-/m1/s1. The Kier molecular flexibility index (Phi) is 6.59. The van der Waals surface area contributed by atoms with E-state index in [0.29, 0.717) is 6.42 Å². The quantitative estimate of drug-likeness (QED) is 0.377. The molecule has 4 aromatic carbocycles. The van der Waals surface area contributed by atoms with Gasteiger partial charge in [-0.3, -0.25) is 4.79 Å². The summed E-state index contributed by atoms with van der Waals surface area (Å²) in [4.78, 5) is 13.3. The lowest BCUT2D eigenvalue weighted by molar-refractivity contribution is -0.121. The van der Waals surface area contributed by atoms with Crippen molar-refractivity contribution < 1.29 is 4.79 Å². The number of nitrogens with one attached hydrogen (secondary N) is 1. The molecule has 154 valence electrons. The molecule has 0 fully saturated rings. The van der Waals surface area contributed by atoms with Gasteiger partial charge in [0.15, 0.2) is 0 Å². The molecular formula is C29H27NO. The first-order valence-electron chi connectivity index (χ1n) is 10.7. The van der Waals surface area contributed by atoms with E-state index in [1.165, 1.54) is 5.56 Å². The lowest BCUT2D eigenvalue weighted by atomic mass is 9.88. The van der Waals surface area contributed by atoms with Crippen LogP contribution in [0, 0.1) is 6.92 Å². The Balaban J connectivity index is 1.61. The summed E-state index contributed by atoms with van der Waals surface area (Å²) in [7, 11) is 0. The third kappa shape index (κ3) is 5.29. The molecule has 0 saturated heterocycles. The Morgan fingerprint density at radius 2 is 1.03 bits per heavy atom. The molecule has 0 bridgehead atoms. The zero-order chi connectivity index (χ0) is 21.5. The summed E-state index contributed by atoms with van der Waals surface area (Å²) >= 11 is 0. The van der Waals surface area contributed by atoms with Gasteiger partial charge in [-0.15, -0.1) is 0 Å². The zero-order valence-corrected chi connectivity index (χ0v) is 17.7. The Morgan fingerprint density at radius 3 is 1.52 bits per heavy atom. The second-order valence-corrected chi connectivity index (χ2v) is 7.90. The molecule has 0 aliphatic heterocycles. The number of aryl methyl sites for hydroxylation is 1. The maximum atomic E-state index is 13.3. The molecule has 0 unspecified atom stereocenters. The van der Waals surface area contributed by atoms with Crippen LogP contribution in [-0.2, 0) is 4.79 Å². The van der Waals surface area contributed by atoms with Crippen LogP contribution in [0.1, 0.15) is 46.2 Å². The van der Waals surface area contributed by atoms with Gasteiger partial charge >= 0.3 is 0 Å². The number of carbonyl (C=O) groups is 1. The Bertz CT molecular complexity index is 1050.